The minimum absolute atomic E-state index is 0.799. The molecule has 0 heterocycles. The van der Waals surface area contributed by atoms with E-state index in [0.717, 1.165) is 18.2 Å². The minimum atomic E-state index is 0.799. The highest BCUT2D eigenvalue weighted by molar-refractivity contribution is 7.80. The van der Waals surface area contributed by atoms with Crippen LogP contribution in [-0.4, -0.2) is 23.1 Å². The monoisotopic (exact) mass is 172 g/mol. The zero-order valence-electron chi connectivity index (χ0n) is 7.42. The highest BCUT2D eigenvalue weighted by Crippen LogP contribution is 1.87. The predicted octanol–water partition coefficient (Wildman–Crippen LogP) is 1.74. The number of allylic oxidation sites excluding steroid dienone is 1. The predicted molar refractivity (Wildman–Crippen MR) is 53.5 cm³/mol. The molecule has 0 unspecified atom stereocenters. The summed E-state index contributed by atoms with van der Waals surface area (Å²) < 4.78 is 0. The first-order valence-electron chi connectivity index (χ1n) is 3.92. The van der Waals surface area contributed by atoms with Gasteiger partial charge in [0.1, 0.15) is 0 Å². The molecule has 0 spiro atoms. The van der Waals surface area contributed by atoms with E-state index in [9.17, 15) is 0 Å². The van der Waals surface area contributed by atoms with Gasteiger partial charge in [-0.15, -0.1) is 0 Å². The molecule has 0 aromatic carbocycles. The molecule has 11 heavy (non-hydrogen) atoms. The fraction of sp³-hybridized carbons (Fsp3) is 0.625. The Morgan fingerprint density at radius 2 is 2.00 bits per heavy atom. The molecule has 0 amide bonds. The number of nitrogens with one attached hydrogen (secondary N) is 1. The lowest BCUT2D eigenvalue weighted by Crippen LogP contribution is -2.36. The SMILES string of the molecule is CC=CNC(=S)N(CC)CC. The summed E-state index contributed by atoms with van der Waals surface area (Å²) in [6.45, 7) is 8.05. The number of hydrogen-bond acceptors (Lipinski definition) is 1. The Labute approximate surface area is 74.3 Å². The Kier molecular flexibility index (Phi) is 5.84. The van der Waals surface area contributed by atoms with E-state index in [0.29, 0.717) is 0 Å². The summed E-state index contributed by atoms with van der Waals surface area (Å²) in [5.74, 6) is 0. The van der Waals surface area contributed by atoms with Crippen LogP contribution in [0, 0.1) is 0 Å². The number of hydrogen-bond donors (Lipinski definition) is 1. The van der Waals surface area contributed by atoms with Crippen molar-refractivity contribution in [2.75, 3.05) is 13.1 Å². The van der Waals surface area contributed by atoms with Gasteiger partial charge < -0.3 is 10.2 Å². The van der Waals surface area contributed by atoms with Crippen LogP contribution in [0.2, 0.25) is 0 Å². The van der Waals surface area contributed by atoms with Crippen molar-refractivity contribution in [1.82, 2.24) is 10.2 Å². The lowest BCUT2D eigenvalue weighted by molar-refractivity contribution is 0.462. The average molecular weight is 172 g/mol. The largest absolute Gasteiger partial charge is 0.350 e. The maximum Gasteiger partial charge on any atom is 0.172 e. The third-order valence-corrected chi connectivity index (χ3v) is 1.80. The van der Waals surface area contributed by atoms with Crippen LogP contribution in [-0.2, 0) is 0 Å². The molecule has 0 aliphatic carbocycles. The van der Waals surface area contributed by atoms with Gasteiger partial charge in [0, 0.05) is 13.1 Å². The van der Waals surface area contributed by atoms with Crippen LogP contribution in [0.5, 0.6) is 0 Å². The van der Waals surface area contributed by atoms with Crippen molar-refractivity contribution in [3.63, 3.8) is 0 Å². The maximum atomic E-state index is 5.10. The molecule has 0 saturated heterocycles. The van der Waals surface area contributed by atoms with Gasteiger partial charge in [-0.1, -0.05) is 6.08 Å². The zero-order valence-corrected chi connectivity index (χ0v) is 8.24. The van der Waals surface area contributed by atoms with Gasteiger partial charge in [0.2, 0.25) is 0 Å². The van der Waals surface area contributed by atoms with Gasteiger partial charge in [0.15, 0.2) is 5.11 Å². The normalized spacial score (nSPS) is 10.1. The summed E-state index contributed by atoms with van der Waals surface area (Å²) >= 11 is 5.10. The second-order valence-electron chi connectivity index (χ2n) is 2.12. The summed E-state index contributed by atoms with van der Waals surface area (Å²) in [6, 6.07) is 0. The van der Waals surface area contributed by atoms with Crippen molar-refractivity contribution >= 4 is 17.3 Å². The van der Waals surface area contributed by atoms with Crippen molar-refractivity contribution in [2.24, 2.45) is 0 Å². The van der Waals surface area contributed by atoms with Gasteiger partial charge in [-0.3, -0.25) is 0 Å². The molecule has 3 heteroatoms. The number of thiocarbonyl (C=S) groups is 1. The van der Waals surface area contributed by atoms with E-state index < -0.39 is 0 Å². The quantitative estimate of drug-likeness (QED) is 0.653. The van der Waals surface area contributed by atoms with Crippen LogP contribution in [0.1, 0.15) is 20.8 Å². The first-order valence-corrected chi connectivity index (χ1v) is 4.33. The Hall–Kier alpha value is -0.570. The third kappa shape index (κ3) is 3.98. The summed E-state index contributed by atoms with van der Waals surface area (Å²) in [4.78, 5) is 2.09. The van der Waals surface area contributed by atoms with Gasteiger partial charge in [-0.25, -0.2) is 0 Å². The van der Waals surface area contributed by atoms with Gasteiger partial charge >= 0.3 is 0 Å². The van der Waals surface area contributed by atoms with E-state index in [2.05, 4.69) is 24.1 Å². The van der Waals surface area contributed by atoms with Crippen LogP contribution < -0.4 is 5.32 Å². The Morgan fingerprint density at radius 1 is 1.45 bits per heavy atom. The molecule has 0 fully saturated rings. The minimum Gasteiger partial charge on any atom is -0.350 e. The van der Waals surface area contributed by atoms with Crippen LogP contribution in [0.25, 0.3) is 0 Å². The van der Waals surface area contributed by atoms with Crippen molar-refractivity contribution in [1.29, 1.82) is 0 Å². The summed E-state index contributed by atoms with van der Waals surface area (Å²) in [5, 5.41) is 3.81. The van der Waals surface area contributed by atoms with Crippen molar-refractivity contribution in [3.05, 3.63) is 12.3 Å². The van der Waals surface area contributed by atoms with Crippen LogP contribution in [0.3, 0.4) is 0 Å². The fourth-order valence-corrected chi connectivity index (χ4v) is 1.08. The van der Waals surface area contributed by atoms with Crippen LogP contribution in [0.15, 0.2) is 12.3 Å². The van der Waals surface area contributed by atoms with Gasteiger partial charge in [0.05, 0.1) is 0 Å². The van der Waals surface area contributed by atoms with Crippen LogP contribution in [0.4, 0.5) is 0 Å². The fourth-order valence-electron chi connectivity index (χ4n) is 0.757. The molecule has 0 rings (SSSR count). The van der Waals surface area contributed by atoms with Gasteiger partial charge in [-0.05, 0) is 39.2 Å². The molecule has 0 aliphatic rings. The van der Waals surface area contributed by atoms with Crippen molar-refractivity contribution in [2.45, 2.75) is 20.8 Å². The number of rotatable bonds is 3. The van der Waals surface area contributed by atoms with Crippen molar-refractivity contribution in [3.8, 4) is 0 Å². The standard InChI is InChI=1S/C8H16N2S/c1-4-7-9-8(11)10(5-2)6-3/h4,7H,5-6H2,1-3H3,(H,9,11). The van der Waals surface area contributed by atoms with Crippen molar-refractivity contribution < 1.29 is 0 Å². The maximum absolute atomic E-state index is 5.10. The lowest BCUT2D eigenvalue weighted by atomic mass is 10.5. The summed E-state index contributed by atoms with van der Waals surface area (Å²) in [7, 11) is 0. The lowest BCUT2D eigenvalue weighted by Gasteiger charge is -2.20. The molecule has 0 atom stereocenters. The Balaban J connectivity index is 3.79. The van der Waals surface area contributed by atoms with E-state index in [1.54, 1.807) is 0 Å². The first-order chi connectivity index (χ1) is 5.26. The molecule has 0 aliphatic heterocycles. The molecule has 1 N–H and O–H groups in total. The molecule has 2 nitrogen and oxygen atoms in total. The number of nitrogens with zero attached hydrogens (tertiary/aromatic N) is 1. The Bertz CT molecular complexity index is 139. The molecule has 0 aromatic rings. The second-order valence-corrected chi connectivity index (χ2v) is 2.51. The molecule has 64 valence electrons. The van der Waals surface area contributed by atoms with Gasteiger partial charge in [0.25, 0.3) is 0 Å². The summed E-state index contributed by atoms with van der Waals surface area (Å²) in [5.41, 5.74) is 0. The topological polar surface area (TPSA) is 15.3 Å². The summed E-state index contributed by atoms with van der Waals surface area (Å²) in [6.07, 6.45) is 3.77. The molecule has 0 radical (unpaired) electrons. The smallest absolute Gasteiger partial charge is 0.172 e. The van der Waals surface area contributed by atoms with E-state index in [1.165, 1.54) is 0 Å². The molecule has 0 aromatic heterocycles. The molecule has 0 bridgehead atoms. The highest BCUT2D eigenvalue weighted by atomic mass is 32.1. The zero-order chi connectivity index (χ0) is 8.69. The van der Waals surface area contributed by atoms with Crippen LogP contribution >= 0.6 is 12.2 Å². The Morgan fingerprint density at radius 3 is 2.36 bits per heavy atom. The van der Waals surface area contributed by atoms with E-state index in [4.69, 9.17) is 12.2 Å². The second kappa shape index (κ2) is 6.16. The van der Waals surface area contributed by atoms with Gasteiger partial charge in [-0.2, -0.15) is 0 Å². The molecular weight excluding hydrogens is 156 g/mol. The van der Waals surface area contributed by atoms with E-state index in [1.807, 2.05) is 19.2 Å². The molecular formula is C8H16N2S. The molecule has 0 saturated carbocycles. The third-order valence-electron chi connectivity index (χ3n) is 1.42. The first kappa shape index (κ1) is 10.4. The van der Waals surface area contributed by atoms with E-state index in [-0.39, 0.29) is 0 Å². The highest BCUT2D eigenvalue weighted by Gasteiger charge is 2.00. The van der Waals surface area contributed by atoms with E-state index >= 15 is 0 Å². The average Bonchev–Trinajstić information content (AvgIpc) is 2.03.